The standard InChI is InChI=1S/C30H22N6O11S/c1-3-31(4-2)19-5-7-25-27(15-19)48-28-16-24(47-30(38)18-11-22(35(43)44)14-23(12-18)36(45)46)6-8-26(28)32(25)29(37)17-9-20(33(39)40)13-21(10-17)34(41)42/h5-16H,3-4H2,1-2H3. The number of ether oxygens (including phenoxy) is 1. The van der Waals surface area contributed by atoms with E-state index in [0.29, 0.717) is 34.6 Å². The molecule has 0 spiro atoms. The van der Waals surface area contributed by atoms with E-state index in [-0.39, 0.29) is 17.0 Å². The maximum absolute atomic E-state index is 14.1. The summed E-state index contributed by atoms with van der Waals surface area (Å²) in [5.74, 6) is -2.00. The smallest absolute Gasteiger partial charge is 0.344 e. The quantitative estimate of drug-likeness (QED) is 0.0729. The van der Waals surface area contributed by atoms with Crippen molar-refractivity contribution in [3.05, 3.63) is 124 Å². The molecule has 0 N–H and O–H groups in total. The van der Waals surface area contributed by atoms with Crippen LogP contribution >= 0.6 is 11.8 Å². The Morgan fingerprint density at radius 3 is 1.60 bits per heavy atom. The molecule has 1 aliphatic heterocycles. The molecule has 1 heterocycles. The third kappa shape index (κ3) is 6.44. The normalized spacial score (nSPS) is 11.6. The molecule has 0 aromatic heterocycles. The second-order valence-corrected chi connectivity index (χ2v) is 11.2. The summed E-state index contributed by atoms with van der Waals surface area (Å²) in [6.45, 7) is 5.28. The number of anilines is 3. The summed E-state index contributed by atoms with van der Waals surface area (Å²) in [5.41, 5.74) is -1.98. The average Bonchev–Trinajstić information content (AvgIpc) is 3.06. The molecular formula is C30H22N6O11S. The first-order valence-electron chi connectivity index (χ1n) is 14.0. The predicted octanol–water partition coefficient (Wildman–Crippen LogP) is 6.83. The number of carbonyl (C=O) groups is 2. The number of non-ortho nitro benzene ring substituents is 4. The number of nitrogens with zero attached hydrogens (tertiary/aromatic N) is 6. The number of fused-ring (bicyclic) bond motifs is 2. The lowest BCUT2D eigenvalue weighted by atomic mass is 10.1. The van der Waals surface area contributed by atoms with Gasteiger partial charge in [-0.3, -0.25) is 50.2 Å². The highest BCUT2D eigenvalue weighted by Crippen LogP contribution is 2.51. The minimum atomic E-state index is -1.12. The first-order chi connectivity index (χ1) is 22.8. The molecule has 0 atom stereocenters. The van der Waals surface area contributed by atoms with Crippen LogP contribution in [-0.4, -0.2) is 44.7 Å². The first kappa shape index (κ1) is 32.9. The fourth-order valence-electron chi connectivity index (χ4n) is 4.99. The Morgan fingerprint density at radius 1 is 0.667 bits per heavy atom. The van der Waals surface area contributed by atoms with E-state index in [1.54, 1.807) is 12.1 Å². The monoisotopic (exact) mass is 674 g/mol. The highest BCUT2D eigenvalue weighted by atomic mass is 32.2. The van der Waals surface area contributed by atoms with E-state index in [1.807, 2.05) is 19.9 Å². The Kier molecular flexibility index (Phi) is 9.01. The summed E-state index contributed by atoms with van der Waals surface area (Å²) in [6, 6.07) is 14.5. The van der Waals surface area contributed by atoms with Gasteiger partial charge >= 0.3 is 5.97 Å². The van der Waals surface area contributed by atoms with Crippen LogP contribution in [0.25, 0.3) is 0 Å². The van der Waals surface area contributed by atoms with Gasteiger partial charge < -0.3 is 9.64 Å². The lowest BCUT2D eigenvalue weighted by Crippen LogP contribution is -2.29. The van der Waals surface area contributed by atoms with Gasteiger partial charge in [-0.2, -0.15) is 0 Å². The van der Waals surface area contributed by atoms with Gasteiger partial charge in [0.15, 0.2) is 0 Å². The molecule has 0 saturated carbocycles. The van der Waals surface area contributed by atoms with E-state index >= 15 is 0 Å². The maximum Gasteiger partial charge on any atom is 0.344 e. The Hall–Kier alpha value is -6.43. The molecule has 5 rings (SSSR count). The van der Waals surface area contributed by atoms with Crippen molar-refractivity contribution < 1.29 is 34.0 Å². The maximum atomic E-state index is 14.1. The third-order valence-corrected chi connectivity index (χ3v) is 8.34. The van der Waals surface area contributed by atoms with Gasteiger partial charge in [0, 0.05) is 52.8 Å². The van der Waals surface area contributed by atoms with Crippen LogP contribution in [0.4, 0.5) is 39.8 Å². The molecule has 0 unspecified atom stereocenters. The molecule has 0 radical (unpaired) electrons. The zero-order chi connectivity index (χ0) is 34.9. The van der Waals surface area contributed by atoms with E-state index in [1.165, 1.54) is 34.9 Å². The zero-order valence-electron chi connectivity index (χ0n) is 24.9. The minimum Gasteiger partial charge on any atom is -0.423 e. The summed E-state index contributed by atoms with van der Waals surface area (Å²) >= 11 is 1.21. The zero-order valence-corrected chi connectivity index (χ0v) is 25.7. The number of hydrogen-bond donors (Lipinski definition) is 0. The lowest BCUT2D eigenvalue weighted by Gasteiger charge is -2.32. The second kappa shape index (κ2) is 13.1. The molecular weight excluding hydrogens is 652 g/mol. The molecule has 1 amide bonds. The highest BCUT2D eigenvalue weighted by Gasteiger charge is 2.32. The first-order valence-corrected chi connectivity index (χ1v) is 14.8. The van der Waals surface area contributed by atoms with Crippen LogP contribution in [0.5, 0.6) is 5.75 Å². The number of benzene rings is 4. The van der Waals surface area contributed by atoms with Crippen molar-refractivity contribution in [1.29, 1.82) is 0 Å². The minimum absolute atomic E-state index is 0.0675. The Bertz CT molecular complexity index is 1990. The number of carbonyl (C=O) groups excluding carboxylic acids is 2. The summed E-state index contributed by atoms with van der Waals surface area (Å²) in [6.07, 6.45) is 0. The molecule has 0 saturated heterocycles. The number of nitro groups is 4. The van der Waals surface area contributed by atoms with Crippen LogP contribution in [0.1, 0.15) is 34.6 Å². The average molecular weight is 675 g/mol. The van der Waals surface area contributed by atoms with Crippen molar-refractivity contribution in [2.75, 3.05) is 22.9 Å². The van der Waals surface area contributed by atoms with Gasteiger partial charge in [0.2, 0.25) is 0 Å². The molecule has 4 aromatic carbocycles. The molecule has 0 aliphatic carbocycles. The fraction of sp³-hybridized carbons (Fsp3) is 0.133. The molecule has 17 nitrogen and oxygen atoms in total. The number of esters is 1. The molecule has 0 fully saturated rings. The van der Waals surface area contributed by atoms with Crippen LogP contribution in [-0.2, 0) is 0 Å². The molecule has 4 aromatic rings. The largest absolute Gasteiger partial charge is 0.423 e. The second-order valence-electron chi connectivity index (χ2n) is 10.1. The Labute approximate surface area is 273 Å². The van der Waals surface area contributed by atoms with Gasteiger partial charge in [-0.25, -0.2) is 4.79 Å². The van der Waals surface area contributed by atoms with E-state index in [9.17, 15) is 50.0 Å². The van der Waals surface area contributed by atoms with Crippen molar-refractivity contribution in [2.45, 2.75) is 23.6 Å². The fourth-order valence-corrected chi connectivity index (χ4v) is 6.11. The van der Waals surface area contributed by atoms with Crippen molar-refractivity contribution in [1.82, 2.24) is 0 Å². The summed E-state index contributed by atoms with van der Waals surface area (Å²) < 4.78 is 5.43. The number of nitro benzene ring substituents is 4. The SMILES string of the molecule is CCN(CC)c1ccc2c(c1)Sc1cc(OC(=O)c3cc([N+](=O)[O-])cc([N+](=O)[O-])c3)ccc1N2C(=O)c1cc([N+](=O)[O-])cc([N+](=O)[O-])c1. The van der Waals surface area contributed by atoms with Crippen LogP contribution in [0, 0.1) is 40.5 Å². The van der Waals surface area contributed by atoms with Crippen molar-refractivity contribution in [2.24, 2.45) is 0 Å². The van der Waals surface area contributed by atoms with Crippen LogP contribution in [0.3, 0.4) is 0 Å². The molecule has 48 heavy (non-hydrogen) atoms. The Morgan fingerprint density at radius 2 is 1.12 bits per heavy atom. The van der Waals surface area contributed by atoms with Crippen molar-refractivity contribution in [3.8, 4) is 5.75 Å². The lowest BCUT2D eigenvalue weighted by molar-refractivity contribution is -0.394. The van der Waals surface area contributed by atoms with Gasteiger partial charge in [0.25, 0.3) is 28.7 Å². The molecule has 1 aliphatic rings. The molecule has 0 bridgehead atoms. The number of rotatable bonds is 10. The number of hydrogen-bond acceptors (Lipinski definition) is 13. The van der Waals surface area contributed by atoms with Gasteiger partial charge in [0.05, 0.1) is 54.3 Å². The van der Waals surface area contributed by atoms with Gasteiger partial charge in [-0.1, -0.05) is 11.8 Å². The van der Waals surface area contributed by atoms with E-state index in [2.05, 4.69) is 4.90 Å². The Balaban J connectivity index is 1.60. The van der Waals surface area contributed by atoms with Crippen molar-refractivity contribution >= 4 is 63.5 Å². The van der Waals surface area contributed by atoms with Crippen molar-refractivity contribution in [3.63, 3.8) is 0 Å². The van der Waals surface area contributed by atoms with Crippen LogP contribution < -0.4 is 14.5 Å². The van der Waals surface area contributed by atoms with E-state index in [0.717, 1.165) is 36.0 Å². The van der Waals surface area contributed by atoms with Gasteiger partial charge in [-0.05, 0) is 50.2 Å². The van der Waals surface area contributed by atoms with Crippen LogP contribution in [0.2, 0.25) is 0 Å². The van der Waals surface area contributed by atoms with E-state index < -0.39 is 59.9 Å². The van der Waals surface area contributed by atoms with Gasteiger partial charge in [0.1, 0.15) is 5.75 Å². The summed E-state index contributed by atoms with van der Waals surface area (Å²) in [7, 11) is 0. The van der Waals surface area contributed by atoms with Crippen LogP contribution in [0.15, 0.2) is 82.6 Å². The molecule has 244 valence electrons. The van der Waals surface area contributed by atoms with Gasteiger partial charge in [-0.15, -0.1) is 0 Å². The molecule has 18 heteroatoms. The topological polar surface area (TPSA) is 222 Å². The highest BCUT2D eigenvalue weighted by molar-refractivity contribution is 7.99. The summed E-state index contributed by atoms with van der Waals surface area (Å²) in [5, 5.41) is 45.7. The number of amides is 1. The summed E-state index contributed by atoms with van der Waals surface area (Å²) in [4.78, 5) is 73.6. The predicted molar refractivity (Wildman–Crippen MR) is 171 cm³/mol. The van der Waals surface area contributed by atoms with E-state index in [4.69, 9.17) is 4.74 Å². The third-order valence-electron chi connectivity index (χ3n) is 7.25.